The lowest BCUT2D eigenvalue weighted by atomic mass is 10.1. The van der Waals surface area contributed by atoms with Crippen molar-refractivity contribution in [3.05, 3.63) is 35.4 Å². The number of ether oxygens (including phenoxy) is 2. The van der Waals surface area contributed by atoms with Gasteiger partial charge in [0.15, 0.2) is 0 Å². The van der Waals surface area contributed by atoms with E-state index < -0.39 is 11.7 Å². The van der Waals surface area contributed by atoms with Crippen LogP contribution in [0.2, 0.25) is 0 Å². The van der Waals surface area contributed by atoms with E-state index in [2.05, 4.69) is 0 Å². The van der Waals surface area contributed by atoms with Gasteiger partial charge in [0, 0.05) is 25.8 Å². The van der Waals surface area contributed by atoms with E-state index in [4.69, 9.17) is 20.6 Å². The average molecular weight is 307 g/mol. The summed E-state index contributed by atoms with van der Waals surface area (Å²) in [6.45, 7) is 6.71. The monoisotopic (exact) mass is 307 g/mol. The lowest BCUT2D eigenvalue weighted by molar-refractivity contribution is 0.0184. The summed E-state index contributed by atoms with van der Waals surface area (Å²) in [7, 11) is 1.59. The third-order valence-corrected chi connectivity index (χ3v) is 2.83. The third-order valence-electron chi connectivity index (χ3n) is 2.83. The van der Waals surface area contributed by atoms with Crippen molar-refractivity contribution in [2.24, 2.45) is 5.73 Å². The predicted molar refractivity (Wildman–Crippen MR) is 86.0 cm³/mol. The molecule has 0 radical (unpaired) electrons. The van der Waals surface area contributed by atoms with Crippen LogP contribution in [0.5, 0.6) is 0 Å². The molecule has 1 rings (SSSR count). The van der Waals surface area contributed by atoms with Gasteiger partial charge >= 0.3 is 6.09 Å². The van der Waals surface area contributed by atoms with Crippen LogP contribution in [0.15, 0.2) is 24.3 Å². The number of benzene rings is 1. The van der Waals surface area contributed by atoms with Gasteiger partial charge in [-0.05, 0) is 32.4 Å². The maximum Gasteiger partial charge on any atom is 0.410 e. The molecular weight excluding hydrogens is 282 g/mol. The highest BCUT2D eigenvalue weighted by Gasteiger charge is 2.22. The number of nitrogen functional groups attached to an aromatic ring is 1. The zero-order valence-electron chi connectivity index (χ0n) is 13.7. The van der Waals surface area contributed by atoms with E-state index in [-0.39, 0.29) is 5.84 Å². The first-order valence-electron chi connectivity index (χ1n) is 7.13. The Morgan fingerprint density at radius 1 is 1.36 bits per heavy atom. The molecule has 0 heterocycles. The van der Waals surface area contributed by atoms with E-state index in [0.717, 1.165) is 5.56 Å². The molecule has 122 valence electrons. The molecular formula is C16H25N3O3. The number of amides is 1. The van der Waals surface area contributed by atoms with E-state index in [1.54, 1.807) is 24.1 Å². The zero-order chi connectivity index (χ0) is 16.8. The third kappa shape index (κ3) is 6.13. The van der Waals surface area contributed by atoms with Crippen LogP contribution < -0.4 is 5.73 Å². The van der Waals surface area contributed by atoms with E-state index in [9.17, 15) is 4.79 Å². The van der Waals surface area contributed by atoms with Gasteiger partial charge < -0.3 is 20.1 Å². The fraction of sp³-hybridized carbons (Fsp3) is 0.500. The second kappa shape index (κ2) is 7.79. The van der Waals surface area contributed by atoms with Crippen LogP contribution in [-0.4, -0.2) is 42.7 Å². The maximum atomic E-state index is 12.3. The van der Waals surface area contributed by atoms with Crippen molar-refractivity contribution < 1.29 is 14.3 Å². The zero-order valence-corrected chi connectivity index (χ0v) is 13.7. The molecule has 0 unspecified atom stereocenters. The van der Waals surface area contributed by atoms with Crippen molar-refractivity contribution in [3.8, 4) is 0 Å². The summed E-state index contributed by atoms with van der Waals surface area (Å²) >= 11 is 0. The lowest BCUT2D eigenvalue weighted by Crippen LogP contribution is -2.38. The summed E-state index contributed by atoms with van der Waals surface area (Å²) in [5.74, 6) is 0.00237. The first-order chi connectivity index (χ1) is 10.2. The highest BCUT2D eigenvalue weighted by atomic mass is 16.6. The van der Waals surface area contributed by atoms with Gasteiger partial charge in [0.2, 0.25) is 0 Å². The molecule has 0 aliphatic rings. The number of methoxy groups -OCH3 is 1. The summed E-state index contributed by atoms with van der Waals surface area (Å²) in [6.07, 6.45) is -0.391. The van der Waals surface area contributed by atoms with Gasteiger partial charge in [0.25, 0.3) is 0 Å². The molecule has 1 aromatic carbocycles. The van der Waals surface area contributed by atoms with Crippen molar-refractivity contribution in [2.45, 2.75) is 32.9 Å². The molecule has 1 aromatic rings. The lowest BCUT2D eigenvalue weighted by Gasteiger charge is -2.27. The minimum atomic E-state index is -0.552. The Bertz CT molecular complexity index is 524. The molecule has 1 amide bonds. The van der Waals surface area contributed by atoms with Crippen LogP contribution >= 0.6 is 0 Å². The van der Waals surface area contributed by atoms with Crippen molar-refractivity contribution >= 4 is 11.9 Å². The molecule has 6 heteroatoms. The Hall–Kier alpha value is -2.08. The van der Waals surface area contributed by atoms with Crippen molar-refractivity contribution in [1.82, 2.24) is 4.90 Å². The second-order valence-corrected chi connectivity index (χ2v) is 6.01. The highest BCUT2D eigenvalue weighted by molar-refractivity contribution is 5.95. The number of hydrogen-bond donors (Lipinski definition) is 2. The number of amidine groups is 1. The van der Waals surface area contributed by atoms with Gasteiger partial charge in [-0.15, -0.1) is 0 Å². The number of rotatable bonds is 6. The Morgan fingerprint density at radius 2 is 2.05 bits per heavy atom. The van der Waals surface area contributed by atoms with E-state index in [0.29, 0.717) is 25.3 Å². The summed E-state index contributed by atoms with van der Waals surface area (Å²) in [5, 5.41) is 7.48. The van der Waals surface area contributed by atoms with Gasteiger partial charge in [0.1, 0.15) is 11.4 Å². The van der Waals surface area contributed by atoms with E-state index >= 15 is 0 Å². The SMILES string of the molecule is COCCN(Cc1cccc(C(=N)N)c1)C(=O)OC(C)(C)C. The van der Waals surface area contributed by atoms with Gasteiger partial charge in [-0.2, -0.15) is 0 Å². The fourth-order valence-corrected chi connectivity index (χ4v) is 1.82. The number of carbonyl (C=O) groups excluding carboxylic acids is 1. The summed E-state index contributed by atoms with van der Waals surface area (Å²) < 4.78 is 10.5. The molecule has 0 bridgehead atoms. The Kier molecular flexibility index (Phi) is 6.37. The van der Waals surface area contributed by atoms with Gasteiger partial charge in [-0.25, -0.2) is 4.79 Å². The smallest absolute Gasteiger partial charge is 0.410 e. The van der Waals surface area contributed by atoms with Crippen LogP contribution in [0.1, 0.15) is 31.9 Å². The molecule has 0 saturated carbocycles. The Labute approximate surface area is 131 Å². The van der Waals surface area contributed by atoms with Crippen molar-refractivity contribution in [3.63, 3.8) is 0 Å². The van der Waals surface area contributed by atoms with Crippen LogP contribution in [0.25, 0.3) is 0 Å². The number of nitrogens with one attached hydrogen (secondary N) is 1. The summed E-state index contributed by atoms with van der Waals surface area (Å²) in [4.78, 5) is 13.8. The molecule has 22 heavy (non-hydrogen) atoms. The topological polar surface area (TPSA) is 88.6 Å². The number of carbonyl (C=O) groups is 1. The quantitative estimate of drug-likeness (QED) is 0.623. The fourth-order valence-electron chi connectivity index (χ4n) is 1.82. The van der Waals surface area contributed by atoms with Crippen molar-refractivity contribution in [1.29, 1.82) is 5.41 Å². The molecule has 6 nitrogen and oxygen atoms in total. The van der Waals surface area contributed by atoms with E-state index in [1.165, 1.54) is 0 Å². The molecule has 0 spiro atoms. The first-order valence-corrected chi connectivity index (χ1v) is 7.13. The van der Waals surface area contributed by atoms with Gasteiger partial charge in [-0.3, -0.25) is 5.41 Å². The molecule has 0 aliphatic carbocycles. The number of nitrogens with zero attached hydrogens (tertiary/aromatic N) is 1. The van der Waals surface area contributed by atoms with Crippen molar-refractivity contribution in [2.75, 3.05) is 20.3 Å². The van der Waals surface area contributed by atoms with Crippen LogP contribution in [0.3, 0.4) is 0 Å². The largest absolute Gasteiger partial charge is 0.444 e. The molecule has 0 atom stereocenters. The predicted octanol–water partition coefficient (Wildman–Crippen LogP) is 2.35. The molecule has 3 N–H and O–H groups in total. The molecule has 0 aliphatic heterocycles. The second-order valence-electron chi connectivity index (χ2n) is 6.01. The van der Waals surface area contributed by atoms with Crippen LogP contribution in [0, 0.1) is 5.41 Å². The normalized spacial score (nSPS) is 11.1. The minimum Gasteiger partial charge on any atom is -0.444 e. The van der Waals surface area contributed by atoms with Gasteiger partial charge in [-0.1, -0.05) is 18.2 Å². The van der Waals surface area contributed by atoms with Crippen LogP contribution in [0.4, 0.5) is 4.79 Å². The molecule has 0 saturated heterocycles. The Balaban J connectivity index is 2.86. The minimum absolute atomic E-state index is 0.00237. The first kappa shape index (κ1) is 18.0. The Morgan fingerprint density at radius 3 is 2.59 bits per heavy atom. The summed E-state index contributed by atoms with van der Waals surface area (Å²) in [5.41, 5.74) is 6.46. The number of nitrogens with two attached hydrogens (primary N) is 1. The highest BCUT2D eigenvalue weighted by Crippen LogP contribution is 2.13. The maximum absolute atomic E-state index is 12.3. The number of hydrogen-bond acceptors (Lipinski definition) is 4. The van der Waals surface area contributed by atoms with E-state index in [1.807, 2.05) is 32.9 Å². The standard InChI is InChI=1S/C16H25N3O3/c1-16(2,3)22-15(20)19(8-9-21-4)11-12-6-5-7-13(10-12)14(17)18/h5-7,10H,8-9,11H2,1-4H3,(H3,17,18). The summed E-state index contributed by atoms with van der Waals surface area (Å²) in [6, 6.07) is 7.26. The molecule has 0 aromatic heterocycles. The van der Waals surface area contributed by atoms with Gasteiger partial charge in [0.05, 0.1) is 6.61 Å². The molecule has 0 fully saturated rings. The average Bonchev–Trinajstić information content (AvgIpc) is 2.41. The van der Waals surface area contributed by atoms with Crippen LogP contribution in [-0.2, 0) is 16.0 Å².